The van der Waals surface area contributed by atoms with Gasteiger partial charge in [-0.2, -0.15) is 0 Å². The fraction of sp³-hybridized carbons (Fsp3) is 0.385. The van der Waals surface area contributed by atoms with Gasteiger partial charge in [-0.25, -0.2) is 0 Å². The predicted octanol–water partition coefficient (Wildman–Crippen LogP) is 1.19. The van der Waals surface area contributed by atoms with Gasteiger partial charge in [-0.1, -0.05) is 6.07 Å². The van der Waals surface area contributed by atoms with E-state index in [1.54, 1.807) is 25.2 Å². The Kier molecular flexibility index (Phi) is 3.94. The zero-order valence-electron chi connectivity index (χ0n) is 10.3. The molecular weight excluding hydrogens is 230 g/mol. The maximum atomic E-state index is 11.6. The van der Waals surface area contributed by atoms with E-state index >= 15 is 0 Å². The van der Waals surface area contributed by atoms with E-state index in [2.05, 4.69) is 16.0 Å². The molecule has 0 aliphatic heterocycles. The number of amides is 2. The molecule has 0 radical (unpaired) electrons. The van der Waals surface area contributed by atoms with Crippen molar-refractivity contribution in [2.24, 2.45) is 5.92 Å². The summed E-state index contributed by atoms with van der Waals surface area (Å²) in [5, 5.41) is 8.37. The molecule has 0 spiro atoms. The lowest BCUT2D eigenvalue weighted by Gasteiger charge is -2.08. The summed E-state index contributed by atoms with van der Waals surface area (Å²) in [6.07, 6.45) is 1.95. The van der Waals surface area contributed by atoms with Crippen LogP contribution in [0.2, 0.25) is 0 Å². The molecule has 0 unspecified atom stereocenters. The van der Waals surface area contributed by atoms with Crippen LogP contribution in [0.5, 0.6) is 0 Å². The molecule has 3 N–H and O–H groups in total. The van der Waals surface area contributed by atoms with Crippen molar-refractivity contribution in [1.29, 1.82) is 0 Å². The smallest absolute Gasteiger partial charge is 0.238 e. The summed E-state index contributed by atoms with van der Waals surface area (Å²) in [6, 6.07) is 7.17. The van der Waals surface area contributed by atoms with Gasteiger partial charge in [-0.15, -0.1) is 0 Å². The molecule has 1 aromatic carbocycles. The first-order chi connectivity index (χ1) is 8.69. The summed E-state index contributed by atoms with van der Waals surface area (Å²) in [7, 11) is 1.71. The molecule has 1 saturated carbocycles. The third-order valence-electron chi connectivity index (χ3n) is 2.70. The van der Waals surface area contributed by atoms with Gasteiger partial charge in [0.2, 0.25) is 11.8 Å². The molecule has 5 heteroatoms. The molecule has 5 nitrogen and oxygen atoms in total. The molecule has 2 rings (SSSR count). The van der Waals surface area contributed by atoms with Crippen molar-refractivity contribution in [2.75, 3.05) is 24.2 Å². The zero-order valence-corrected chi connectivity index (χ0v) is 10.3. The van der Waals surface area contributed by atoms with Crippen molar-refractivity contribution >= 4 is 23.2 Å². The van der Waals surface area contributed by atoms with Crippen molar-refractivity contribution in [1.82, 2.24) is 5.32 Å². The van der Waals surface area contributed by atoms with Crippen LogP contribution in [0.4, 0.5) is 11.4 Å². The van der Waals surface area contributed by atoms with Crippen LogP contribution in [0.3, 0.4) is 0 Å². The Morgan fingerprint density at radius 2 is 1.89 bits per heavy atom. The number of rotatable bonds is 5. The summed E-state index contributed by atoms with van der Waals surface area (Å²) >= 11 is 0. The first kappa shape index (κ1) is 12.6. The van der Waals surface area contributed by atoms with Crippen LogP contribution in [-0.2, 0) is 9.59 Å². The van der Waals surface area contributed by atoms with Crippen molar-refractivity contribution in [3.63, 3.8) is 0 Å². The van der Waals surface area contributed by atoms with Gasteiger partial charge in [0.15, 0.2) is 0 Å². The third kappa shape index (κ3) is 3.56. The van der Waals surface area contributed by atoms with Gasteiger partial charge in [-0.3, -0.25) is 9.59 Å². The van der Waals surface area contributed by atoms with Gasteiger partial charge in [0, 0.05) is 17.3 Å². The topological polar surface area (TPSA) is 70.2 Å². The lowest BCUT2D eigenvalue weighted by Crippen LogP contribution is -2.25. The lowest BCUT2D eigenvalue weighted by atomic mass is 10.2. The molecule has 1 aromatic rings. The van der Waals surface area contributed by atoms with Crippen LogP contribution >= 0.6 is 0 Å². The quantitative estimate of drug-likeness (QED) is 0.732. The number of anilines is 2. The van der Waals surface area contributed by atoms with Crippen LogP contribution in [-0.4, -0.2) is 25.4 Å². The van der Waals surface area contributed by atoms with E-state index in [1.165, 1.54) is 0 Å². The minimum absolute atomic E-state index is 0.0636. The van der Waals surface area contributed by atoms with Crippen LogP contribution in [0.1, 0.15) is 12.8 Å². The van der Waals surface area contributed by atoms with Crippen LogP contribution in [0, 0.1) is 5.92 Å². The molecule has 0 bridgehead atoms. The summed E-state index contributed by atoms with van der Waals surface area (Å²) in [5.74, 6) is 0.129. The van der Waals surface area contributed by atoms with E-state index in [-0.39, 0.29) is 24.3 Å². The fourth-order valence-corrected chi connectivity index (χ4v) is 1.63. The summed E-state index contributed by atoms with van der Waals surface area (Å²) < 4.78 is 0. The summed E-state index contributed by atoms with van der Waals surface area (Å²) in [4.78, 5) is 23.0. The van der Waals surface area contributed by atoms with E-state index in [0.29, 0.717) is 11.4 Å². The predicted molar refractivity (Wildman–Crippen MR) is 70.4 cm³/mol. The minimum atomic E-state index is -0.108. The van der Waals surface area contributed by atoms with Gasteiger partial charge in [0.05, 0.1) is 6.54 Å². The SMILES string of the molecule is CNCC(=O)Nc1cccc(NC(=O)C2CC2)c1. The van der Waals surface area contributed by atoms with Crippen molar-refractivity contribution in [3.05, 3.63) is 24.3 Å². The number of hydrogen-bond donors (Lipinski definition) is 3. The Morgan fingerprint density at radius 3 is 2.50 bits per heavy atom. The lowest BCUT2D eigenvalue weighted by molar-refractivity contribution is -0.117. The van der Waals surface area contributed by atoms with Gasteiger partial charge >= 0.3 is 0 Å². The average Bonchev–Trinajstić information content (AvgIpc) is 3.13. The van der Waals surface area contributed by atoms with Gasteiger partial charge in [0.1, 0.15) is 0 Å². The Morgan fingerprint density at radius 1 is 1.22 bits per heavy atom. The maximum Gasteiger partial charge on any atom is 0.238 e. The number of benzene rings is 1. The molecular formula is C13H17N3O2. The van der Waals surface area contributed by atoms with E-state index in [0.717, 1.165) is 12.8 Å². The van der Waals surface area contributed by atoms with E-state index < -0.39 is 0 Å². The van der Waals surface area contributed by atoms with Gasteiger partial charge in [-0.05, 0) is 38.1 Å². The number of hydrogen-bond acceptors (Lipinski definition) is 3. The second-order valence-electron chi connectivity index (χ2n) is 4.42. The van der Waals surface area contributed by atoms with Crippen molar-refractivity contribution in [2.45, 2.75) is 12.8 Å². The standard InChI is InChI=1S/C13H17N3O2/c1-14-8-12(17)15-10-3-2-4-11(7-10)16-13(18)9-5-6-9/h2-4,7,9,14H,5-6,8H2,1H3,(H,15,17)(H,16,18). The summed E-state index contributed by atoms with van der Waals surface area (Å²) in [6.45, 7) is 0.263. The third-order valence-corrected chi connectivity index (χ3v) is 2.70. The molecule has 1 aliphatic rings. The van der Waals surface area contributed by atoms with Crippen molar-refractivity contribution in [3.8, 4) is 0 Å². The van der Waals surface area contributed by atoms with Crippen LogP contribution < -0.4 is 16.0 Å². The molecule has 1 fully saturated rings. The minimum Gasteiger partial charge on any atom is -0.326 e. The zero-order chi connectivity index (χ0) is 13.0. The van der Waals surface area contributed by atoms with Gasteiger partial charge in [0.25, 0.3) is 0 Å². The Balaban J connectivity index is 1.95. The molecule has 18 heavy (non-hydrogen) atoms. The fourth-order valence-electron chi connectivity index (χ4n) is 1.63. The normalized spacial score (nSPS) is 14.1. The average molecular weight is 247 g/mol. The molecule has 96 valence electrons. The van der Waals surface area contributed by atoms with Crippen LogP contribution in [0.15, 0.2) is 24.3 Å². The van der Waals surface area contributed by atoms with E-state index in [1.807, 2.05) is 6.07 Å². The number of carbonyl (C=O) groups is 2. The second kappa shape index (κ2) is 5.64. The molecule has 0 heterocycles. The molecule has 0 saturated heterocycles. The first-order valence-electron chi connectivity index (χ1n) is 6.04. The highest BCUT2D eigenvalue weighted by atomic mass is 16.2. The monoisotopic (exact) mass is 247 g/mol. The first-order valence-corrected chi connectivity index (χ1v) is 6.04. The largest absolute Gasteiger partial charge is 0.326 e. The van der Waals surface area contributed by atoms with Crippen molar-refractivity contribution < 1.29 is 9.59 Å². The van der Waals surface area contributed by atoms with Gasteiger partial charge < -0.3 is 16.0 Å². The highest BCUT2D eigenvalue weighted by molar-refractivity contribution is 5.96. The Hall–Kier alpha value is -1.88. The molecule has 0 atom stereocenters. The number of carbonyl (C=O) groups excluding carboxylic acids is 2. The van der Waals surface area contributed by atoms with Crippen LogP contribution in [0.25, 0.3) is 0 Å². The maximum absolute atomic E-state index is 11.6. The highest BCUT2D eigenvalue weighted by Crippen LogP contribution is 2.30. The molecule has 0 aromatic heterocycles. The second-order valence-corrected chi connectivity index (χ2v) is 4.42. The van der Waals surface area contributed by atoms with E-state index in [4.69, 9.17) is 0 Å². The highest BCUT2D eigenvalue weighted by Gasteiger charge is 2.29. The number of nitrogens with one attached hydrogen (secondary N) is 3. The van der Waals surface area contributed by atoms with E-state index in [9.17, 15) is 9.59 Å². The molecule has 2 amide bonds. The Labute approximate surface area is 106 Å². The number of likely N-dealkylation sites (N-methyl/N-ethyl adjacent to an activating group) is 1. The molecule has 1 aliphatic carbocycles. The summed E-state index contributed by atoms with van der Waals surface area (Å²) in [5.41, 5.74) is 1.40. The Bertz CT molecular complexity index is 455.